The normalized spacial score (nSPS) is 35.1. The highest BCUT2D eigenvalue weighted by atomic mass is 16.6. The molecule has 2 aliphatic heterocycles. The lowest BCUT2D eigenvalue weighted by molar-refractivity contribution is -0.146. The molecule has 0 aromatic heterocycles. The van der Waals surface area contributed by atoms with E-state index >= 15 is 0 Å². The lowest BCUT2D eigenvalue weighted by Crippen LogP contribution is -2.46. The Hall–Kier alpha value is -2.01. The van der Waals surface area contributed by atoms with Crippen molar-refractivity contribution in [1.29, 1.82) is 0 Å². The third-order valence-electron chi connectivity index (χ3n) is 8.57. The van der Waals surface area contributed by atoms with E-state index in [1.807, 2.05) is 0 Å². The number of methoxy groups -OCH3 is 2. The van der Waals surface area contributed by atoms with Crippen molar-refractivity contribution in [3.63, 3.8) is 0 Å². The van der Waals surface area contributed by atoms with Gasteiger partial charge in [0.25, 0.3) is 0 Å². The largest absolute Gasteiger partial charge is 0.493 e. The van der Waals surface area contributed by atoms with E-state index in [2.05, 4.69) is 30.5 Å². The molecule has 5 nitrogen and oxygen atoms in total. The maximum atomic E-state index is 12.9. The number of benzene rings is 1. The fourth-order valence-electron chi connectivity index (χ4n) is 6.84. The van der Waals surface area contributed by atoms with Crippen LogP contribution in [0.4, 0.5) is 0 Å². The Morgan fingerprint density at radius 2 is 1.94 bits per heavy atom. The van der Waals surface area contributed by atoms with E-state index in [1.54, 1.807) is 14.2 Å². The molecule has 2 heterocycles. The summed E-state index contributed by atoms with van der Waals surface area (Å²) in [6, 6.07) is 4.19. The maximum absolute atomic E-state index is 12.9. The SMILES string of the molecule is C=C1CCC[C@]2(C)C[C@H]3OC(=O)[C@H](CN4CCc5cc(OC)c(OC)cc5C4)[C@H]3C[C@@H]12. The number of ether oxygens (including phenoxy) is 3. The second-order valence-electron chi connectivity index (χ2n) is 10.4. The van der Waals surface area contributed by atoms with Crippen molar-refractivity contribution in [2.75, 3.05) is 27.3 Å². The van der Waals surface area contributed by atoms with Crippen molar-refractivity contribution in [1.82, 2.24) is 4.90 Å². The van der Waals surface area contributed by atoms with Crippen LogP contribution in [0.15, 0.2) is 24.3 Å². The van der Waals surface area contributed by atoms with Crippen LogP contribution in [-0.4, -0.2) is 44.3 Å². The van der Waals surface area contributed by atoms with E-state index in [-0.39, 0.29) is 23.4 Å². The summed E-state index contributed by atoms with van der Waals surface area (Å²) in [5.74, 6) is 2.41. The van der Waals surface area contributed by atoms with Crippen molar-refractivity contribution in [3.8, 4) is 11.5 Å². The van der Waals surface area contributed by atoms with Gasteiger partial charge in [0.2, 0.25) is 0 Å². The highest BCUT2D eigenvalue weighted by Gasteiger charge is 2.55. The molecule has 0 amide bonds. The molecule has 1 saturated heterocycles. The van der Waals surface area contributed by atoms with E-state index < -0.39 is 0 Å². The molecule has 31 heavy (non-hydrogen) atoms. The van der Waals surface area contributed by atoms with E-state index in [0.29, 0.717) is 11.8 Å². The molecule has 5 rings (SSSR count). The van der Waals surface area contributed by atoms with Gasteiger partial charge in [-0.2, -0.15) is 0 Å². The summed E-state index contributed by atoms with van der Waals surface area (Å²) in [5, 5.41) is 0. The van der Waals surface area contributed by atoms with Gasteiger partial charge in [-0.1, -0.05) is 19.1 Å². The first kappa shape index (κ1) is 20.9. The highest BCUT2D eigenvalue weighted by Crippen LogP contribution is 2.57. The maximum Gasteiger partial charge on any atom is 0.310 e. The number of hydrogen-bond acceptors (Lipinski definition) is 5. The lowest BCUT2D eigenvalue weighted by Gasteiger charge is -2.50. The van der Waals surface area contributed by atoms with Crippen molar-refractivity contribution in [3.05, 3.63) is 35.4 Å². The van der Waals surface area contributed by atoms with Gasteiger partial charge in [0, 0.05) is 25.6 Å². The van der Waals surface area contributed by atoms with Gasteiger partial charge >= 0.3 is 5.97 Å². The molecule has 0 N–H and O–H groups in total. The van der Waals surface area contributed by atoms with Gasteiger partial charge in [0.05, 0.1) is 20.1 Å². The molecule has 0 bridgehead atoms. The molecule has 168 valence electrons. The van der Waals surface area contributed by atoms with Gasteiger partial charge in [-0.15, -0.1) is 0 Å². The second kappa shape index (κ2) is 7.84. The first-order valence-electron chi connectivity index (χ1n) is 11.8. The summed E-state index contributed by atoms with van der Waals surface area (Å²) >= 11 is 0. The Morgan fingerprint density at radius 1 is 1.19 bits per heavy atom. The van der Waals surface area contributed by atoms with Crippen LogP contribution in [0.3, 0.4) is 0 Å². The Morgan fingerprint density at radius 3 is 2.68 bits per heavy atom. The monoisotopic (exact) mass is 425 g/mol. The van der Waals surface area contributed by atoms with Crippen LogP contribution in [0.2, 0.25) is 0 Å². The van der Waals surface area contributed by atoms with Crippen molar-refractivity contribution >= 4 is 5.97 Å². The Bertz CT molecular complexity index is 896. The summed E-state index contributed by atoms with van der Waals surface area (Å²) in [6.07, 6.45) is 6.72. The number of carbonyl (C=O) groups excluding carboxylic acids is 1. The summed E-state index contributed by atoms with van der Waals surface area (Å²) in [6.45, 7) is 9.38. The molecule has 0 spiro atoms. The molecule has 5 atom stereocenters. The van der Waals surface area contributed by atoms with Crippen LogP contribution in [-0.2, 0) is 22.5 Å². The predicted octanol–water partition coefficient (Wildman–Crippen LogP) is 4.38. The van der Waals surface area contributed by atoms with Gasteiger partial charge in [-0.25, -0.2) is 0 Å². The summed E-state index contributed by atoms with van der Waals surface area (Å²) in [4.78, 5) is 15.4. The number of allylic oxidation sites excluding steroid dienone is 1. The fraction of sp³-hybridized carbons (Fsp3) is 0.654. The first-order valence-corrected chi connectivity index (χ1v) is 11.8. The van der Waals surface area contributed by atoms with Crippen LogP contribution in [0, 0.1) is 23.2 Å². The van der Waals surface area contributed by atoms with Crippen molar-refractivity contribution < 1.29 is 19.0 Å². The average Bonchev–Trinajstić information content (AvgIpc) is 3.04. The third kappa shape index (κ3) is 3.55. The van der Waals surface area contributed by atoms with Gasteiger partial charge in [-0.3, -0.25) is 9.69 Å². The van der Waals surface area contributed by atoms with E-state index in [1.165, 1.54) is 29.5 Å². The molecule has 2 saturated carbocycles. The molecule has 4 aliphatic rings. The van der Waals surface area contributed by atoms with Gasteiger partial charge < -0.3 is 14.2 Å². The van der Waals surface area contributed by atoms with Gasteiger partial charge in [0.1, 0.15) is 6.10 Å². The van der Waals surface area contributed by atoms with E-state index in [9.17, 15) is 4.79 Å². The van der Waals surface area contributed by atoms with Crippen LogP contribution in [0.5, 0.6) is 11.5 Å². The Kier molecular flexibility index (Phi) is 5.28. The summed E-state index contributed by atoms with van der Waals surface area (Å²) < 4.78 is 16.9. The number of carbonyl (C=O) groups is 1. The summed E-state index contributed by atoms with van der Waals surface area (Å²) in [5.41, 5.74) is 4.24. The number of hydrogen-bond donors (Lipinski definition) is 0. The van der Waals surface area contributed by atoms with Gasteiger partial charge in [0.15, 0.2) is 11.5 Å². The quantitative estimate of drug-likeness (QED) is 0.529. The van der Waals surface area contributed by atoms with Crippen LogP contribution >= 0.6 is 0 Å². The molecule has 0 radical (unpaired) electrons. The summed E-state index contributed by atoms with van der Waals surface area (Å²) in [7, 11) is 3.35. The smallest absolute Gasteiger partial charge is 0.310 e. The zero-order valence-electron chi connectivity index (χ0n) is 19.1. The number of rotatable bonds is 4. The average molecular weight is 426 g/mol. The van der Waals surface area contributed by atoms with Crippen molar-refractivity contribution in [2.24, 2.45) is 23.2 Å². The molecule has 1 aromatic rings. The van der Waals surface area contributed by atoms with Crippen LogP contribution < -0.4 is 9.47 Å². The highest BCUT2D eigenvalue weighted by molar-refractivity contribution is 5.75. The molecule has 3 fully saturated rings. The lowest BCUT2D eigenvalue weighted by atomic mass is 9.55. The Labute approximate surface area is 185 Å². The number of esters is 1. The fourth-order valence-corrected chi connectivity index (χ4v) is 6.84. The minimum Gasteiger partial charge on any atom is -0.493 e. The molecular weight excluding hydrogens is 390 g/mol. The van der Waals surface area contributed by atoms with E-state index in [4.69, 9.17) is 14.2 Å². The molecule has 2 aliphatic carbocycles. The first-order chi connectivity index (χ1) is 14.9. The van der Waals surface area contributed by atoms with Crippen LogP contribution in [0.1, 0.15) is 50.2 Å². The predicted molar refractivity (Wildman–Crippen MR) is 119 cm³/mol. The second-order valence-corrected chi connectivity index (χ2v) is 10.4. The minimum atomic E-state index is -0.0222. The molecule has 0 unspecified atom stereocenters. The molecular formula is C26H35NO4. The minimum absolute atomic E-state index is 0.0148. The topological polar surface area (TPSA) is 48.0 Å². The zero-order chi connectivity index (χ0) is 21.8. The van der Waals surface area contributed by atoms with E-state index in [0.717, 1.165) is 56.8 Å². The standard InChI is InChI=1S/C26H35NO4/c1-16-6-5-8-26(2)13-24-19(12-21(16)26)20(25(28)31-24)15-27-9-7-17-10-22(29-3)23(30-4)11-18(17)14-27/h10-11,19-21,24H,1,5-9,12-15H2,2-4H3/t19-,20-,21+,24-,26-/m1/s1. The number of fused-ring (bicyclic) bond motifs is 3. The molecule has 5 heteroatoms. The molecule has 1 aromatic carbocycles. The Balaban J connectivity index is 1.32. The number of nitrogens with zero attached hydrogens (tertiary/aromatic N) is 1. The van der Waals surface area contributed by atoms with Gasteiger partial charge in [-0.05, 0) is 73.1 Å². The third-order valence-corrected chi connectivity index (χ3v) is 8.57. The van der Waals surface area contributed by atoms with Crippen molar-refractivity contribution in [2.45, 2.75) is 58.1 Å². The zero-order valence-corrected chi connectivity index (χ0v) is 19.1. The van der Waals surface area contributed by atoms with Crippen LogP contribution in [0.25, 0.3) is 0 Å².